The smallest absolute Gasteiger partial charge is 0.248 e. The van der Waals surface area contributed by atoms with Crippen LogP contribution in [0.25, 0.3) is 22.0 Å². The van der Waals surface area contributed by atoms with Crippen LogP contribution >= 0.6 is 11.6 Å². The maximum absolute atomic E-state index is 14.4. The summed E-state index contributed by atoms with van der Waals surface area (Å²) in [6.45, 7) is 5.41. The van der Waals surface area contributed by atoms with Crippen LogP contribution in [0.15, 0.2) is 72.3 Å². The predicted molar refractivity (Wildman–Crippen MR) is 161 cm³/mol. The van der Waals surface area contributed by atoms with E-state index in [4.69, 9.17) is 16.3 Å². The van der Waals surface area contributed by atoms with Crippen molar-refractivity contribution >= 4 is 39.6 Å². The predicted octanol–water partition coefficient (Wildman–Crippen LogP) is 6.87. The molecule has 0 aliphatic carbocycles. The molecule has 0 saturated heterocycles. The van der Waals surface area contributed by atoms with Gasteiger partial charge in [0.05, 0.1) is 15.9 Å². The Bertz CT molecular complexity index is 1590. The number of amides is 1. The van der Waals surface area contributed by atoms with Crippen molar-refractivity contribution in [3.05, 3.63) is 106 Å². The number of carbonyl (C=O) groups is 1. The van der Waals surface area contributed by atoms with Gasteiger partial charge in [0, 0.05) is 32.8 Å². The molecule has 9 heteroatoms. The molecule has 0 aliphatic heterocycles. The van der Waals surface area contributed by atoms with Crippen molar-refractivity contribution in [1.29, 1.82) is 0 Å². The maximum atomic E-state index is 14.4. The summed E-state index contributed by atoms with van der Waals surface area (Å²) in [6, 6.07) is 17.5. The normalized spacial score (nSPS) is 12.4. The first kappa shape index (κ1) is 30.0. The average Bonchev–Trinajstić information content (AvgIpc) is 3.33. The van der Waals surface area contributed by atoms with Crippen molar-refractivity contribution in [1.82, 2.24) is 20.4 Å². The molecule has 6 nitrogen and oxygen atoms in total. The van der Waals surface area contributed by atoms with E-state index in [0.717, 1.165) is 22.3 Å². The molecule has 0 spiro atoms. The molecule has 0 fully saturated rings. The highest BCUT2D eigenvalue weighted by Crippen LogP contribution is 2.38. The molecular formula is C32H33ClF2N4O2. The zero-order valence-electron chi connectivity index (χ0n) is 23.5. The molecule has 0 bridgehead atoms. The Balaban J connectivity index is 1.57. The Morgan fingerprint density at radius 1 is 1.07 bits per heavy atom. The van der Waals surface area contributed by atoms with Gasteiger partial charge in [0.1, 0.15) is 18.2 Å². The maximum Gasteiger partial charge on any atom is 0.248 e. The number of aromatic amines is 1. The van der Waals surface area contributed by atoms with E-state index in [0.29, 0.717) is 58.9 Å². The minimum Gasteiger partial charge on any atom is -0.492 e. The van der Waals surface area contributed by atoms with E-state index < -0.39 is 11.8 Å². The van der Waals surface area contributed by atoms with Gasteiger partial charge < -0.3 is 15.0 Å². The topological polar surface area (TPSA) is 70.2 Å². The number of carbonyl (C=O) groups excluding carboxylic acids is 1. The minimum absolute atomic E-state index is 0.0145. The third-order valence-corrected chi connectivity index (χ3v) is 7.02. The lowest BCUT2D eigenvalue weighted by Gasteiger charge is -2.18. The second kappa shape index (κ2) is 13.6. The highest BCUT2D eigenvalue weighted by Gasteiger charge is 2.17. The number of aromatic nitrogens is 2. The molecule has 1 heterocycles. The van der Waals surface area contributed by atoms with Gasteiger partial charge in [-0.1, -0.05) is 48.9 Å². The van der Waals surface area contributed by atoms with E-state index in [2.05, 4.69) is 15.5 Å². The number of nitrogens with one attached hydrogen (secondary N) is 2. The molecular weight excluding hydrogens is 546 g/mol. The van der Waals surface area contributed by atoms with Crippen molar-refractivity contribution < 1.29 is 18.3 Å². The highest BCUT2D eigenvalue weighted by molar-refractivity contribution is 6.32. The lowest BCUT2D eigenvalue weighted by Crippen LogP contribution is -2.24. The summed E-state index contributed by atoms with van der Waals surface area (Å²) in [5.41, 5.74) is 5.40. The van der Waals surface area contributed by atoms with Crippen molar-refractivity contribution in [3.63, 3.8) is 0 Å². The molecule has 4 aromatic rings. The lowest BCUT2D eigenvalue weighted by atomic mass is 9.87. The molecule has 0 radical (unpaired) electrons. The van der Waals surface area contributed by atoms with Crippen molar-refractivity contribution in [2.24, 2.45) is 0 Å². The van der Waals surface area contributed by atoms with Gasteiger partial charge in [0.15, 0.2) is 0 Å². The number of hydrogen-bond donors (Lipinski definition) is 2. The van der Waals surface area contributed by atoms with Gasteiger partial charge in [0.25, 0.3) is 0 Å². The molecule has 3 aromatic carbocycles. The summed E-state index contributed by atoms with van der Waals surface area (Å²) < 4.78 is 34.2. The Hall–Kier alpha value is -4.01. The van der Waals surface area contributed by atoms with Gasteiger partial charge in [-0.2, -0.15) is 4.39 Å². The SMILES string of the molecule is CC/C(=C(/c1ccc(OCCNC/C=C(\C)C(=O)N(C)C)cc1)c1ccc2[nH]nc(F)c2c1)c1ccc(F)cc1Cl. The molecule has 0 aliphatic rings. The molecule has 1 amide bonds. The van der Waals surface area contributed by atoms with E-state index >= 15 is 0 Å². The summed E-state index contributed by atoms with van der Waals surface area (Å²) >= 11 is 6.49. The number of likely N-dealkylation sites (N-methyl/N-ethyl adjacent to an activating group) is 1. The molecule has 0 saturated carbocycles. The number of benzene rings is 3. The van der Waals surface area contributed by atoms with Gasteiger partial charge in [-0.05, 0) is 77.6 Å². The Morgan fingerprint density at radius 3 is 2.49 bits per heavy atom. The van der Waals surface area contributed by atoms with Crippen LogP contribution in [-0.4, -0.2) is 54.8 Å². The highest BCUT2D eigenvalue weighted by atomic mass is 35.5. The Morgan fingerprint density at radius 2 is 1.80 bits per heavy atom. The number of ether oxygens (including phenoxy) is 1. The standard InChI is InChI=1S/C32H33ClF2N4O2/c1-5-25(26-12-9-23(34)19-28(26)33)30(22-8-13-29-27(18-22)31(35)38-37-29)21-6-10-24(11-7-21)41-17-16-36-15-14-20(2)32(40)39(3)4/h6-14,18-19,36H,5,15-17H2,1-4H3,(H,37,38)/b20-14+,30-25+. The van der Waals surface area contributed by atoms with E-state index in [1.54, 1.807) is 44.1 Å². The van der Waals surface area contributed by atoms with E-state index in [-0.39, 0.29) is 5.91 Å². The van der Waals surface area contributed by atoms with Crippen LogP contribution in [0.4, 0.5) is 8.78 Å². The monoisotopic (exact) mass is 578 g/mol. The van der Waals surface area contributed by atoms with Gasteiger partial charge in [-0.25, -0.2) is 4.39 Å². The first-order valence-corrected chi connectivity index (χ1v) is 13.7. The number of hydrogen-bond acceptors (Lipinski definition) is 4. The third-order valence-electron chi connectivity index (χ3n) is 6.70. The van der Waals surface area contributed by atoms with Gasteiger partial charge in [-0.3, -0.25) is 9.89 Å². The second-order valence-corrected chi connectivity index (χ2v) is 10.2. The van der Waals surface area contributed by atoms with Gasteiger partial charge in [-0.15, -0.1) is 5.10 Å². The second-order valence-electron chi connectivity index (χ2n) is 9.77. The first-order chi connectivity index (χ1) is 19.7. The summed E-state index contributed by atoms with van der Waals surface area (Å²) in [4.78, 5) is 13.5. The largest absolute Gasteiger partial charge is 0.492 e. The molecule has 41 heavy (non-hydrogen) atoms. The number of H-pyrrole nitrogens is 1. The van der Waals surface area contributed by atoms with Gasteiger partial charge >= 0.3 is 0 Å². The summed E-state index contributed by atoms with van der Waals surface area (Å²) in [7, 11) is 3.45. The lowest BCUT2D eigenvalue weighted by molar-refractivity contribution is -0.124. The molecule has 2 N–H and O–H groups in total. The Kier molecular flexibility index (Phi) is 9.91. The van der Waals surface area contributed by atoms with E-state index in [9.17, 15) is 13.6 Å². The first-order valence-electron chi connectivity index (χ1n) is 13.3. The Labute approximate surface area is 243 Å². The number of allylic oxidation sites excluding steroid dienone is 1. The molecule has 4 rings (SSSR count). The van der Waals surface area contributed by atoms with Crippen LogP contribution in [0.2, 0.25) is 5.02 Å². The van der Waals surface area contributed by atoms with Crippen LogP contribution in [0, 0.1) is 11.8 Å². The molecule has 214 valence electrons. The summed E-state index contributed by atoms with van der Waals surface area (Å²) in [5, 5.41) is 10.3. The van der Waals surface area contributed by atoms with Crippen molar-refractivity contribution in [2.45, 2.75) is 20.3 Å². The van der Waals surface area contributed by atoms with Crippen molar-refractivity contribution in [2.75, 3.05) is 33.8 Å². The fourth-order valence-corrected chi connectivity index (χ4v) is 4.90. The van der Waals surface area contributed by atoms with Crippen LogP contribution < -0.4 is 10.1 Å². The number of nitrogens with zero attached hydrogens (tertiary/aromatic N) is 2. The number of halogens is 3. The van der Waals surface area contributed by atoms with Crippen LogP contribution in [0.5, 0.6) is 5.75 Å². The van der Waals surface area contributed by atoms with Gasteiger partial charge in [0.2, 0.25) is 11.9 Å². The zero-order valence-corrected chi connectivity index (χ0v) is 24.3. The van der Waals surface area contributed by atoms with E-state index in [1.165, 1.54) is 12.1 Å². The van der Waals surface area contributed by atoms with Crippen LogP contribution in [0.1, 0.15) is 37.0 Å². The van der Waals surface area contributed by atoms with Crippen molar-refractivity contribution in [3.8, 4) is 5.75 Å². The quantitative estimate of drug-likeness (QED) is 0.116. The molecule has 1 aromatic heterocycles. The summed E-state index contributed by atoms with van der Waals surface area (Å²) in [5.74, 6) is -0.314. The van der Waals surface area contributed by atoms with Crippen LogP contribution in [0.3, 0.4) is 0 Å². The third kappa shape index (κ3) is 7.20. The average molecular weight is 579 g/mol. The van der Waals surface area contributed by atoms with E-state index in [1.807, 2.05) is 43.3 Å². The fourth-order valence-electron chi connectivity index (χ4n) is 4.61. The number of rotatable bonds is 11. The zero-order chi connectivity index (χ0) is 29.5. The summed E-state index contributed by atoms with van der Waals surface area (Å²) in [6.07, 6.45) is 2.46. The fraction of sp³-hybridized carbons (Fsp3) is 0.250. The van der Waals surface area contributed by atoms with Crippen LogP contribution in [-0.2, 0) is 4.79 Å². The molecule has 0 atom stereocenters. The molecule has 0 unspecified atom stereocenters. The minimum atomic E-state index is -0.577. The number of fused-ring (bicyclic) bond motifs is 1.